The summed E-state index contributed by atoms with van der Waals surface area (Å²) in [6, 6.07) is -0.0606. The van der Waals surface area contributed by atoms with Crippen LogP contribution in [0.25, 0.3) is 0 Å². The maximum absolute atomic E-state index is 12.6. The van der Waals surface area contributed by atoms with Gasteiger partial charge in [-0.3, -0.25) is 5.10 Å². The van der Waals surface area contributed by atoms with Crippen molar-refractivity contribution >= 4 is 10.0 Å². The molecule has 0 amide bonds. The van der Waals surface area contributed by atoms with Crippen molar-refractivity contribution in [3.05, 3.63) is 11.4 Å². The number of nitrogens with zero attached hydrogens (tertiary/aromatic N) is 1. The summed E-state index contributed by atoms with van der Waals surface area (Å²) in [6.45, 7) is 6.27. The molecule has 1 saturated heterocycles. The molecule has 8 heteroatoms. The van der Waals surface area contributed by atoms with E-state index in [0.29, 0.717) is 44.0 Å². The number of aryl methyl sites for hydroxylation is 1. The predicted molar refractivity (Wildman–Crippen MR) is 79.5 cm³/mol. The average molecular weight is 316 g/mol. The Morgan fingerprint density at radius 1 is 1.38 bits per heavy atom. The molecule has 3 N–H and O–H groups in total. The fourth-order valence-corrected chi connectivity index (χ4v) is 4.09. The summed E-state index contributed by atoms with van der Waals surface area (Å²) in [6.07, 6.45) is 2.41. The van der Waals surface area contributed by atoms with Crippen molar-refractivity contribution in [1.82, 2.24) is 20.2 Å². The van der Waals surface area contributed by atoms with Crippen LogP contribution >= 0.6 is 0 Å². The Hall–Kier alpha value is -0.960. The van der Waals surface area contributed by atoms with E-state index in [0.717, 1.165) is 13.0 Å². The highest BCUT2D eigenvalue weighted by atomic mass is 32.2. The molecular formula is C13H24N4O3S. The van der Waals surface area contributed by atoms with Crippen LogP contribution in [-0.4, -0.2) is 44.4 Å². The Bertz CT molecular complexity index is 550. The van der Waals surface area contributed by atoms with E-state index < -0.39 is 10.0 Å². The molecule has 120 valence electrons. The summed E-state index contributed by atoms with van der Waals surface area (Å²) in [4.78, 5) is 0.276. The molecule has 2 heterocycles. The van der Waals surface area contributed by atoms with Crippen molar-refractivity contribution < 1.29 is 13.2 Å². The monoisotopic (exact) mass is 316 g/mol. The van der Waals surface area contributed by atoms with Crippen LogP contribution in [0, 0.1) is 6.92 Å². The van der Waals surface area contributed by atoms with E-state index in [1.807, 2.05) is 0 Å². The average Bonchev–Trinajstić information content (AvgIpc) is 2.82. The van der Waals surface area contributed by atoms with Crippen molar-refractivity contribution in [3.8, 4) is 0 Å². The maximum Gasteiger partial charge on any atom is 0.244 e. The maximum atomic E-state index is 12.6. The third kappa shape index (κ3) is 4.26. The van der Waals surface area contributed by atoms with Crippen molar-refractivity contribution in [1.29, 1.82) is 0 Å². The second-order valence-corrected chi connectivity index (χ2v) is 6.96. The summed E-state index contributed by atoms with van der Waals surface area (Å²) in [7, 11) is -3.55. The van der Waals surface area contributed by atoms with Gasteiger partial charge in [-0.15, -0.1) is 0 Å². The van der Waals surface area contributed by atoms with Gasteiger partial charge in [-0.2, -0.15) is 5.10 Å². The summed E-state index contributed by atoms with van der Waals surface area (Å²) < 4.78 is 33.2. The topological polar surface area (TPSA) is 96.1 Å². The highest BCUT2D eigenvalue weighted by molar-refractivity contribution is 7.89. The van der Waals surface area contributed by atoms with E-state index in [1.54, 1.807) is 6.92 Å². The fraction of sp³-hybridized carbons (Fsp3) is 0.769. The molecule has 1 fully saturated rings. The molecule has 0 unspecified atom stereocenters. The lowest BCUT2D eigenvalue weighted by atomic mass is 10.1. The molecule has 7 nitrogen and oxygen atoms in total. The Labute approximate surface area is 125 Å². The molecule has 0 bridgehead atoms. The molecule has 0 saturated carbocycles. The zero-order valence-corrected chi connectivity index (χ0v) is 13.4. The number of aromatic amines is 1. The van der Waals surface area contributed by atoms with Crippen LogP contribution in [0.4, 0.5) is 0 Å². The van der Waals surface area contributed by atoms with Crippen LogP contribution < -0.4 is 10.0 Å². The largest absolute Gasteiger partial charge is 0.381 e. The van der Waals surface area contributed by atoms with E-state index >= 15 is 0 Å². The van der Waals surface area contributed by atoms with Crippen molar-refractivity contribution in [2.75, 3.05) is 19.8 Å². The molecule has 0 atom stereocenters. The van der Waals surface area contributed by atoms with E-state index in [9.17, 15) is 8.42 Å². The van der Waals surface area contributed by atoms with Gasteiger partial charge in [-0.1, -0.05) is 6.92 Å². The quantitative estimate of drug-likeness (QED) is 0.643. The van der Waals surface area contributed by atoms with Crippen LogP contribution in [0.15, 0.2) is 4.90 Å². The standard InChI is InChI=1S/C13H24N4O3S/c1-3-6-14-9-12-13(10(2)15-16-12)21(18,19)17-11-4-7-20-8-5-11/h11,14,17H,3-9H2,1-2H3,(H,15,16). The van der Waals surface area contributed by atoms with Gasteiger partial charge in [0.2, 0.25) is 10.0 Å². The number of aromatic nitrogens is 2. The van der Waals surface area contributed by atoms with Gasteiger partial charge in [-0.05, 0) is 32.7 Å². The summed E-state index contributed by atoms with van der Waals surface area (Å²) in [5.74, 6) is 0. The smallest absolute Gasteiger partial charge is 0.244 e. The second-order valence-electron chi connectivity index (χ2n) is 5.31. The highest BCUT2D eigenvalue weighted by Crippen LogP contribution is 2.19. The molecule has 21 heavy (non-hydrogen) atoms. The first-order valence-electron chi connectivity index (χ1n) is 7.39. The van der Waals surface area contributed by atoms with E-state index in [1.165, 1.54) is 0 Å². The SMILES string of the molecule is CCCNCc1n[nH]c(C)c1S(=O)(=O)NC1CCOCC1. The molecular weight excluding hydrogens is 292 g/mol. The Morgan fingerprint density at radius 3 is 2.76 bits per heavy atom. The van der Waals surface area contributed by atoms with Gasteiger partial charge in [0, 0.05) is 25.8 Å². The number of ether oxygens (including phenoxy) is 1. The first kappa shape index (κ1) is 16.4. The third-order valence-electron chi connectivity index (χ3n) is 3.49. The normalized spacial score (nSPS) is 17.2. The van der Waals surface area contributed by atoms with E-state index in [2.05, 4.69) is 27.2 Å². The highest BCUT2D eigenvalue weighted by Gasteiger charge is 2.27. The predicted octanol–water partition coefficient (Wildman–Crippen LogP) is 0.675. The molecule has 0 aliphatic carbocycles. The molecule has 1 aliphatic heterocycles. The van der Waals surface area contributed by atoms with Crippen LogP contribution in [0.2, 0.25) is 0 Å². The first-order valence-corrected chi connectivity index (χ1v) is 8.87. The summed E-state index contributed by atoms with van der Waals surface area (Å²) in [5.41, 5.74) is 1.11. The Morgan fingerprint density at radius 2 is 2.10 bits per heavy atom. The second kappa shape index (κ2) is 7.35. The lowest BCUT2D eigenvalue weighted by molar-refractivity contribution is 0.0832. The molecule has 2 rings (SSSR count). The Kier molecular flexibility index (Phi) is 5.74. The molecule has 1 aromatic rings. The van der Waals surface area contributed by atoms with Crippen molar-refractivity contribution in [2.24, 2.45) is 0 Å². The Balaban J connectivity index is 2.12. The van der Waals surface area contributed by atoms with Gasteiger partial charge >= 0.3 is 0 Å². The zero-order chi connectivity index (χ0) is 15.3. The number of nitrogens with one attached hydrogen (secondary N) is 3. The fourth-order valence-electron chi connectivity index (χ4n) is 2.42. The van der Waals surface area contributed by atoms with Crippen LogP contribution in [0.3, 0.4) is 0 Å². The lowest BCUT2D eigenvalue weighted by Crippen LogP contribution is -2.39. The van der Waals surface area contributed by atoms with Crippen LogP contribution in [0.5, 0.6) is 0 Å². The van der Waals surface area contributed by atoms with Gasteiger partial charge in [0.15, 0.2) is 0 Å². The van der Waals surface area contributed by atoms with E-state index in [4.69, 9.17) is 4.74 Å². The molecule has 0 radical (unpaired) electrons. The van der Waals surface area contributed by atoms with Crippen molar-refractivity contribution in [3.63, 3.8) is 0 Å². The lowest BCUT2D eigenvalue weighted by Gasteiger charge is -2.23. The van der Waals surface area contributed by atoms with Gasteiger partial charge in [0.1, 0.15) is 4.90 Å². The zero-order valence-electron chi connectivity index (χ0n) is 12.6. The van der Waals surface area contributed by atoms with Gasteiger partial charge in [0.25, 0.3) is 0 Å². The number of H-pyrrole nitrogens is 1. The molecule has 1 aliphatic rings. The molecule has 1 aromatic heterocycles. The number of rotatable bonds is 7. The number of hydrogen-bond donors (Lipinski definition) is 3. The summed E-state index contributed by atoms with van der Waals surface area (Å²) in [5, 5.41) is 10.1. The van der Waals surface area contributed by atoms with Gasteiger partial charge in [0.05, 0.1) is 11.4 Å². The van der Waals surface area contributed by atoms with Crippen molar-refractivity contribution in [2.45, 2.75) is 50.6 Å². The van der Waals surface area contributed by atoms with Crippen LogP contribution in [0.1, 0.15) is 37.6 Å². The minimum absolute atomic E-state index is 0.0606. The van der Waals surface area contributed by atoms with Crippen LogP contribution in [-0.2, 0) is 21.3 Å². The minimum Gasteiger partial charge on any atom is -0.381 e. The number of sulfonamides is 1. The van der Waals surface area contributed by atoms with E-state index in [-0.39, 0.29) is 10.9 Å². The first-order chi connectivity index (χ1) is 10.0. The van der Waals surface area contributed by atoms with Gasteiger partial charge in [-0.25, -0.2) is 13.1 Å². The minimum atomic E-state index is -3.55. The third-order valence-corrected chi connectivity index (χ3v) is 5.22. The summed E-state index contributed by atoms with van der Waals surface area (Å²) >= 11 is 0. The number of hydrogen-bond acceptors (Lipinski definition) is 5. The molecule has 0 spiro atoms. The molecule has 0 aromatic carbocycles. The van der Waals surface area contributed by atoms with Gasteiger partial charge < -0.3 is 10.1 Å².